The van der Waals surface area contributed by atoms with E-state index in [4.69, 9.17) is 0 Å². The smallest absolute Gasteiger partial charge is 0.353 e. The fraction of sp³-hybridized carbons (Fsp3) is 0.150. The number of nitro groups is 1. The third kappa shape index (κ3) is 4.13. The highest BCUT2D eigenvalue weighted by molar-refractivity contribution is 5.96. The second kappa shape index (κ2) is 8.34. The summed E-state index contributed by atoms with van der Waals surface area (Å²) in [5, 5.41) is 19.9. The maximum atomic E-state index is 11.7. The van der Waals surface area contributed by atoms with E-state index in [9.17, 15) is 10.1 Å². The van der Waals surface area contributed by atoms with Gasteiger partial charge in [-0.15, -0.1) is 0 Å². The zero-order valence-corrected chi connectivity index (χ0v) is 15.5. The normalized spacial score (nSPS) is 10.8. The van der Waals surface area contributed by atoms with E-state index in [2.05, 4.69) is 25.6 Å². The van der Waals surface area contributed by atoms with E-state index >= 15 is 0 Å². The molecule has 0 fully saturated rings. The molecule has 29 heavy (non-hydrogen) atoms. The third-order valence-electron chi connectivity index (χ3n) is 4.49. The number of fused-ring (bicyclic) bond motifs is 1. The van der Waals surface area contributed by atoms with Gasteiger partial charge < -0.3 is 15.2 Å². The van der Waals surface area contributed by atoms with Crippen LogP contribution in [0.15, 0.2) is 67.5 Å². The van der Waals surface area contributed by atoms with Gasteiger partial charge in [0.2, 0.25) is 11.6 Å². The van der Waals surface area contributed by atoms with E-state index in [1.807, 2.05) is 53.2 Å². The first kappa shape index (κ1) is 18.4. The van der Waals surface area contributed by atoms with Gasteiger partial charge in [-0.25, -0.2) is 15.0 Å². The molecule has 0 spiro atoms. The summed E-state index contributed by atoms with van der Waals surface area (Å²) in [5.41, 5.74) is 0.569. The number of aryl methyl sites for hydroxylation is 1. The quantitative estimate of drug-likeness (QED) is 0.266. The van der Waals surface area contributed by atoms with Crippen LogP contribution in [0, 0.1) is 10.1 Å². The van der Waals surface area contributed by atoms with E-state index in [-0.39, 0.29) is 17.3 Å². The summed E-state index contributed by atoms with van der Waals surface area (Å²) in [7, 11) is 0. The van der Waals surface area contributed by atoms with Gasteiger partial charge in [-0.1, -0.05) is 36.4 Å². The Bertz CT molecular complexity index is 1120. The summed E-state index contributed by atoms with van der Waals surface area (Å²) >= 11 is 0. The van der Waals surface area contributed by atoms with Crippen LogP contribution in [0.4, 0.5) is 23.0 Å². The highest BCUT2D eigenvalue weighted by Crippen LogP contribution is 2.33. The largest absolute Gasteiger partial charge is 0.364 e. The van der Waals surface area contributed by atoms with Crippen LogP contribution in [-0.4, -0.2) is 31.0 Å². The van der Waals surface area contributed by atoms with Gasteiger partial charge in [0.1, 0.15) is 6.33 Å². The molecule has 0 amide bonds. The molecule has 0 saturated carbocycles. The second-order valence-corrected chi connectivity index (χ2v) is 6.41. The first-order valence-electron chi connectivity index (χ1n) is 9.16. The van der Waals surface area contributed by atoms with Crippen molar-refractivity contribution >= 4 is 33.8 Å². The number of benzene rings is 2. The monoisotopic (exact) mass is 389 g/mol. The fourth-order valence-corrected chi connectivity index (χ4v) is 3.12. The number of anilines is 3. The highest BCUT2D eigenvalue weighted by atomic mass is 16.6. The zero-order valence-electron chi connectivity index (χ0n) is 15.5. The summed E-state index contributed by atoms with van der Waals surface area (Å²) in [6.07, 6.45) is 7.41. The van der Waals surface area contributed by atoms with Crippen molar-refractivity contribution in [2.75, 3.05) is 17.2 Å². The Hall–Kier alpha value is -4.01. The number of hydrogen-bond acceptors (Lipinski definition) is 7. The van der Waals surface area contributed by atoms with Crippen molar-refractivity contribution in [2.24, 2.45) is 0 Å². The van der Waals surface area contributed by atoms with Gasteiger partial charge in [-0.3, -0.25) is 10.1 Å². The molecule has 0 atom stereocenters. The van der Waals surface area contributed by atoms with Gasteiger partial charge in [0.25, 0.3) is 0 Å². The lowest BCUT2D eigenvalue weighted by molar-refractivity contribution is -0.383. The van der Waals surface area contributed by atoms with Crippen LogP contribution in [-0.2, 0) is 6.54 Å². The minimum Gasteiger partial charge on any atom is -0.364 e. The molecule has 0 radical (unpaired) electrons. The van der Waals surface area contributed by atoms with Crippen molar-refractivity contribution < 1.29 is 4.92 Å². The molecule has 9 nitrogen and oxygen atoms in total. The number of rotatable bonds is 8. The maximum absolute atomic E-state index is 11.7. The Kier molecular flexibility index (Phi) is 5.28. The Morgan fingerprint density at radius 1 is 1.07 bits per heavy atom. The predicted octanol–water partition coefficient (Wildman–Crippen LogP) is 3.98. The number of hydrogen-bond donors (Lipinski definition) is 2. The summed E-state index contributed by atoms with van der Waals surface area (Å²) in [6.45, 7) is 1.29. The molecule has 4 rings (SSSR count). The standard InChI is InChI=1S/C20H19N7O2/c28-27(29)18-19(22-9-4-11-26-12-10-21-14-26)23-13-24-20(18)25-17-8-3-6-15-5-1-2-7-16(15)17/h1-3,5-8,10,12-14H,4,9,11H2,(H2,22,23,24,25). The maximum Gasteiger partial charge on any atom is 0.353 e. The number of imidazole rings is 1. The topological polar surface area (TPSA) is 111 Å². The van der Waals surface area contributed by atoms with Crippen molar-refractivity contribution in [3.63, 3.8) is 0 Å². The summed E-state index contributed by atoms with van der Waals surface area (Å²) < 4.78 is 1.95. The van der Waals surface area contributed by atoms with Crippen molar-refractivity contribution in [3.05, 3.63) is 77.6 Å². The van der Waals surface area contributed by atoms with Crippen LogP contribution in [0.1, 0.15) is 6.42 Å². The molecule has 146 valence electrons. The third-order valence-corrected chi connectivity index (χ3v) is 4.49. The summed E-state index contributed by atoms with van der Waals surface area (Å²) in [6, 6.07) is 13.6. The molecule has 2 aromatic heterocycles. The van der Waals surface area contributed by atoms with Crippen molar-refractivity contribution in [3.8, 4) is 0 Å². The van der Waals surface area contributed by atoms with Crippen LogP contribution >= 0.6 is 0 Å². The molecule has 0 saturated heterocycles. The van der Waals surface area contributed by atoms with Crippen molar-refractivity contribution in [1.29, 1.82) is 0 Å². The van der Waals surface area contributed by atoms with Gasteiger partial charge in [0, 0.05) is 36.6 Å². The fourth-order valence-electron chi connectivity index (χ4n) is 3.12. The van der Waals surface area contributed by atoms with Crippen LogP contribution in [0.25, 0.3) is 10.8 Å². The molecule has 0 unspecified atom stereocenters. The van der Waals surface area contributed by atoms with Crippen molar-refractivity contribution in [1.82, 2.24) is 19.5 Å². The summed E-state index contributed by atoms with van der Waals surface area (Å²) in [4.78, 5) is 23.5. The highest BCUT2D eigenvalue weighted by Gasteiger charge is 2.23. The van der Waals surface area contributed by atoms with E-state index in [1.165, 1.54) is 6.33 Å². The molecular weight excluding hydrogens is 370 g/mol. The lowest BCUT2D eigenvalue weighted by Crippen LogP contribution is -2.11. The van der Waals surface area contributed by atoms with Crippen LogP contribution in [0.5, 0.6) is 0 Å². The van der Waals surface area contributed by atoms with E-state index in [1.54, 1.807) is 12.5 Å². The second-order valence-electron chi connectivity index (χ2n) is 6.41. The van der Waals surface area contributed by atoms with Gasteiger partial charge in [-0.2, -0.15) is 0 Å². The van der Waals surface area contributed by atoms with Gasteiger partial charge in [0.15, 0.2) is 0 Å². The SMILES string of the molecule is O=[N+]([O-])c1c(NCCCn2ccnc2)ncnc1Nc1cccc2ccccc12. The lowest BCUT2D eigenvalue weighted by Gasteiger charge is -2.12. The van der Waals surface area contributed by atoms with Gasteiger partial charge in [0.05, 0.1) is 11.3 Å². The first-order valence-corrected chi connectivity index (χ1v) is 9.16. The number of aromatic nitrogens is 4. The first-order chi connectivity index (χ1) is 14.2. The van der Waals surface area contributed by atoms with Crippen molar-refractivity contribution in [2.45, 2.75) is 13.0 Å². The van der Waals surface area contributed by atoms with Crippen LogP contribution < -0.4 is 10.6 Å². The zero-order chi connectivity index (χ0) is 20.1. The minimum absolute atomic E-state index is 0.151. The van der Waals surface area contributed by atoms with Crippen LogP contribution in [0.3, 0.4) is 0 Å². The Balaban J connectivity index is 1.55. The molecule has 4 aromatic rings. The summed E-state index contributed by atoms with van der Waals surface area (Å²) in [5.74, 6) is 0.344. The molecule has 2 aromatic carbocycles. The Morgan fingerprint density at radius 3 is 2.72 bits per heavy atom. The number of nitrogens with one attached hydrogen (secondary N) is 2. The minimum atomic E-state index is -0.467. The lowest BCUT2D eigenvalue weighted by atomic mass is 10.1. The average Bonchev–Trinajstić information content (AvgIpc) is 3.25. The molecule has 0 bridgehead atoms. The van der Waals surface area contributed by atoms with E-state index in [0.29, 0.717) is 6.54 Å². The molecule has 9 heteroatoms. The van der Waals surface area contributed by atoms with Crippen LogP contribution in [0.2, 0.25) is 0 Å². The molecular formula is C20H19N7O2. The Labute approximate surface area is 166 Å². The van der Waals surface area contributed by atoms with E-state index < -0.39 is 4.92 Å². The molecule has 0 aliphatic heterocycles. The Morgan fingerprint density at radius 2 is 1.90 bits per heavy atom. The molecule has 2 heterocycles. The van der Waals surface area contributed by atoms with Gasteiger partial charge in [-0.05, 0) is 17.9 Å². The molecule has 0 aliphatic rings. The predicted molar refractivity (Wildman–Crippen MR) is 111 cm³/mol. The molecule has 0 aliphatic carbocycles. The van der Waals surface area contributed by atoms with Gasteiger partial charge >= 0.3 is 5.69 Å². The molecule has 2 N–H and O–H groups in total. The number of nitrogens with zero attached hydrogens (tertiary/aromatic N) is 5. The average molecular weight is 389 g/mol. The van der Waals surface area contributed by atoms with E-state index in [0.717, 1.165) is 29.4 Å².